The van der Waals surface area contributed by atoms with Crippen LogP contribution in [0.4, 0.5) is 5.82 Å². The van der Waals surface area contributed by atoms with Crippen molar-refractivity contribution in [2.75, 3.05) is 30.9 Å². The van der Waals surface area contributed by atoms with Crippen molar-refractivity contribution in [1.29, 1.82) is 0 Å². The number of aromatic nitrogens is 5. The molecule has 0 radical (unpaired) electrons. The number of nitrogens with zero attached hydrogens (tertiary/aromatic N) is 5. The molecule has 192 valence electrons. The minimum Gasteiger partial charge on any atom is -0.383 e. The van der Waals surface area contributed by atoms with Gasteiger partial charge in [0.25, 0.3) is 0 Å². The number of rotatable bonds is 3. The number of pyridine rings is 1. The van der Waals surface area contributed by atoms with Gasteiger partial charge in [-0.05, 0) is 32.1 Å². The van der Waals surface area contributed by atoms with E-state index < -0.39 is 13.8 Å². The van der Waals surface area contributed by atoms with Crippen molar-refractivity contribution in [3.05, 3.63) is 30.1 Å². The highest BCUT2D eigenvalue weighted by atomic mass is 32.2. The van der Waals surface area contributed by atoms with Gasteiger partial charge in [0.05, 0.1) is 35.7 Å². The Morgan fingerprint density at radius 2 is 1.94 bits per heavy atom. The van der Waals surface area contributed by atoms with Crippen molar-refractivity contribution in [2.24, 2.45) is 0 Å². The predicted molar refractivity (Wildman–Crippen MR) is 161 cm³/mol. The highest BCUT2D eigenvalue weighted by Gasteiger charge is 2.62. The molecule has 1 saturated carbocycles. The molecular formula is C21H30N6O2S6. The zero-order valence-electron chi connectivity index (χ0n) is 19.3. The number of nitrogens with one attached hydrogen (secondary N) is 1. The van der Waals surface area contributed by atoms with Crippen molar-refractivity contribution in [3.63, 3.8) is 0 Å². The molecule has 3 atom stereocenters. The van der Waals surface area contributed by atoms with E-state index in [1.165, 1.54) is 0 Å². The van der Waals surface area contributed by atoms with Crippen molar-refractivity contribution >= 4 is 92.6 Å². The fourth-order valence-electron chi connectivity index (χ4n) is 4.74. The zero-order chi connectivity index (χ0) is 25.6. The Labute approximate surface area is 237 Å². The van der Waals surface area contributed by atoms with Crippen molar-refractivity contribution < 1.29 is 9.84 Å². The van der Waals surface area contributed by atoms with E-state index in [1.807, 2.05) is 12.1 Å². The molecule has 5 rings (SSSR count). The summed E-state index contributed by atoms with van der Waals surface area (Å²) in [6.07, 6.45) is 5.88. The van der Waals surface area contributed by atoms with Gasteiger partial charge in [0.2, 0.25) is 0 Å². The molecule has 3 aromatic heterocycles. The predicted octanol–water partition coefficient (Wildman–Crippen LogP) is 3.31. The number of hydrogen-bond acceptors (Lipinski definition) is 12. The molecule has 0 bridgehead atoms. The third kappa shape index (κ3) is 4.70. The number of aliphatic hydroxyl groups is 1. The molecule has 1 aliphatic heterocycles. The first-order valence-corrected chi connectivity index (χ1v) is 14.2. The largest absolute Gasteiger partial charge is 0.383 e. The molecular weight excluding hydrogens is 561 g/mol. The second kappa shape index (κ2) is 10.4. The van der Waals surface area contributed by atoms with Gasteiger partial charge in [-0.3, -0.25) is 5.10 Å². The smallest absolute Gasteiger partial charge is 0.167 e. The monoisotopic (exact) mass is 590 g/mol. The summed E-state index contributed by atoms with van der Waals surface area (Å²) in [7, 11) is 0. The van der Waals surface area contributed by atoms with Gasteiger partial charge >= 0.3 is 0 Å². The zero-order valence-corrected chi connectivity index (χ0v) is 24.6. The number of morpholine rings is 1. The Bertz CT molecular complexity index is 1170. The Morgan fingerprint density at radius 1 is 1.20 bits per heavy atom. The SMILES string of the molecule is CC1COCCN1c1cc(C2(O)CC(S)CC(S)(S)C2(S)S)c2cnn(-c3ccn[nH]3)c2n1.CS. The average Bonchev–Trinajstić information content (AvgIpc) is 3.48. The van der Waals surface area contributed by atoms with Crippen LogP contribution in [0.15, 0.2) is 24.5 Å². The number of H-pyrrole nitrogens is 1. The second-order valence-electron chi connectivity index (χ2n) is 8.79. The maximum atomic E-state index is 12.3. The number of thiol groups is 6. The van der Waals surface area contributed by atoms with Gasteiger partial charge in [-0.1, -0.05) is 0 Å². The first kappa shape index (κ1) is 27.7. The van der Waals surface area contributed by atoms with Gasteiger partial charge in [-0.25, -0.2) is 4.98 Å². The molecule has 3 unspecified atom stereocenters. The topological polar surface area (TPSA) is 92.1 Å². The average molecular weight is 591 g/mol. The van der Waals surface area contributed by atoms with Crippen LogP contribution in [0.2, 0.25) is 0 Å². The fraction of sp³-hybridized carbons (Fsp3) is 0.571. The van der Waals surface area contributed by atoms with E-state index in [0.29, 0.717) is 60.8 Å². The van der Waals surface area contributed by atoms with Gasteiger partial charge in [-0.15, -0.1) is 0 Å². The Hall–Kier alpha value is -0.350. The number of ether oxygens (including phenoxy) is 1. The Morgan fingerprint density at radius 3 is 2.60 bits per heavy atom. The molecule has 3 aromatic rings. The van der Waals surface area contributed by atoms with E-state index in [2.05, 4.69) is 39.7 Å². The van der Waals surface area contributed by atoms with Crippen LogP contribution in [-0.2, 0) is 10.3 Å². The van der Waals surface area contributed by atoms with Crippen molar-refractivity contribution in [3.8, 4) is 5.82 Å². The lowest BCUT2D eigenvalue weighted by Gasteiger charge is -2.54. The van der Waals surface area contributed by atoms with E-state index in [9.17, 15) is 5.11 Å². The van der Waals surface area contributed by atoms with Gasteiger partial charge in [0.1, 0.15) is 15.5 Å². The molecule has 4 heterocycles. The molecule has 1 saturated heterocycles. The van der Waals surface area contributed by atoms with Gasteiger partial charge in [0, 0.05) is 28.8 Å². The second-order valence-corrected chi connectivity index (χ2v) is 13.1. The van der Waals surface area contributed by atoms with Crippen molar-refractivity contribution in [1.82, 2.24) is 25.0 Å². The van der Waals surface area contributed by atoms with Crippen LogP contribution in [0.25, 0.3) is 16.9 Å². The van der Waals surface area contributed by atoms with E-state index in [1.54, 1.807) is 23.3 Å². The number of aromatic amines is 1. The number of hydrogen-bond donors (Lipinski definition) is 8. The van der Waals surface area contributed by atoms with E-state index >= 15 is 0 Å². The van der Waals surface area contributed by atoms with Crippen LogP contribution in [0, 0.1) is 0 Å². The van der Waals surface area contributed by atoms with E-state index in [4.69, 9.17) is 72.9 Å². The molecule has 0 amide bonds. The quantitative estimate of drug-likeness (QED) is 0.176. The molecule has 14 heteroatoms. The van der Waals surface area contributed by atoms with Crippen LogP contribution in [0.3, 0.4) is 0 Å². The van der Waals surface area contributed by atoms with Crippen molar-refractivity contribution in [2.45, 2.75) is 44.8 Å². The van der Waals surface area contributed by atoms with Gasteiger partial charge < -0.3 is 14.7 Å². The van der Waals surface area contributed by atoms with Gasteiger partial charge in [0.15, 0.2) is 11.5 Å². The van der Waals surface area contributed by atoms with Crippen LogP contribution >= 0.6 is 75.8 Å². The van der Waals surface area contributed by atoms with Crippen LogP contribution in [0.5, 0.6) is 0 Å². The molecule has 2 fully saturated rings. The minimum absolute atomic E-state index is 0.115. The lowest BCUT2D eigenvalue weighted by Crippen LogP contribution is -2.60. The third-order valence-electron chi connectivity index (χ3n) is 6.54. The Balaban J connectivity index is 0.00000141. The standard InChI is InChI=1S/C20H26N6O2S5.CH4S/c1-11-10-28-5-4-25(11)16-6-14(18(27)7-12(29)8-19(30,31)20(18,32)33)13-9-22-26(17(13)23-16)15-2-3-21-24-15;1-2/h2-3,6,9,11-12,27,29-33H,4-5,7-8,10H2,1H3,(H,21,24);2H,1H3. The first-order chi connectivity index (χ1) is 16.5. The number of anilines is 1. The van der Waals surface area contributed by atoms with E-state index in [0.717, 1.165) is 0 Å². The van der Waals surface area contributed by atoms with Crippen LogP contribution in [-0.4, -0.2) is 75.5 Å². The summed E-state index contributed by atoms with van der Waals surface area (Å²) in [5, 5.41) is 24.3. The lowest BCUT2D eigenvalue weighted by molar-refractivity contribution is -0.000613. The minimum atomic E-state index is -1.53. The molecule has 0 aromatic carbocycles. The molecule has 8 nitrogen and oxygen atoms in total. The normalized spacial score (nSPS) is 28.0. The van der Waals surface area contributed by atoms with Crippen LogP contribution in [0.1, 0.15) is 25.3 Å². The summed E-state index contributed by atoms with van der Waals surface area (Å²) < 4.78 is 5.02. The maximum Gasteiger partial charge on any atom is 0.167 e. The summed E-state index contributed by atoms with van der Waals surface area (Å²) in [5.41, 5.74) is -0.328. The molecule has 2 N–H and O–H groups in total. The number of fused-ring (bicyclic) bond motifs is 1. The maximum absolute atomic E-state index is 12.3. The summed E-state index contributed by atoms with van der Waals surface area (Å²) >= 11 is 27.4. The fourth-order valence-corrected chi connectivity index (χ4v) is 6.98. The highest BCUT2D eigenvalue weighted by Crippen LogP contribution is 2.61. The Kier molecular flexibility index (Phi) is 8.25. The first-order valence-electron chi connectivity index (χ1n) is 11.0. The van der Waals surface area contributed by atoms with E-state index in [-0.39, 0.29) is 11.3 Å². The highest BCUT2D eigenvalue weighted by molar-refractivity contribution is 8.08. The molecule has 35 heavy (non-hydrogen) atoms. The molecule has 0 spiro atoms. The summed E-state index contributed by atoms with van der Waals surface area (Å²) in [6, 6.07) is 3.84. The third-order valence-corrected chi connectivity index (χ3v) is 10.1. The summed E-state index contributed by atoms with van der Waals surface area (Å²) in [5.74, 6) is 1.38. The summed E-state index contributed by atoms with van der Waals surface area (Å²) in [6.45, 7) is 3.96. The van der Waals surface area contributed by atoms with Crippen LogP contribution < -0.4 is 4.90 Å². The molecule has 1 aliphatic carbocycles. The summed E-state index contributed by atoms with van der Waals surface area (Å²) in [4.78, 5) is 7.13. The lowest BCUT2D eigenvalue weighted by atomic mass is 9.76. The van der Waals surface area contributed by atoms with Gasteiger partial charge in [-0.2, -0.15) is 90.7 Å². The molecule has 2 aliphatic rings.